The van der Waals surface area contributed by atoms with E-state index in [1.54, 1.807) is 7.11 Å². The molecule has 0 spiro atoms. The van der Waals surface area contributed by atoms with Crippen LogP contribution in [0.2, 0.25) is 0 Å². The smallest absolute Gasteiger partial charge is 0.127 e. The fraction of sp³-hybridized carbons (Fsp3) is 0.600. The van der Waals surface area contributed by atoms with Crippen LogP contribution in [0.3, 0.4) is 0 Å². The number of methoxy groups -OCH3 is 1. The summed E-state index contributed by atoms with van der Waals surface area (Å²) >= 11 is 0. The lowest BCUT2D eigenvalue weighted by molar-refractivity contribution is 0.211. The number of nitrogens with one attached hydrogen (secondary N) is 1. The summed E-state index contributed by atoms with van der Waals surface area (Å²) in [5, 5.41) is 3.37. The van der Waals surface area contributed by atoms with Crippen molar-refractivity contribution >= 4 is 0 Å². The van der Waals surface area contributed by atoms with Crippen molar-refractivity contribution in [1.82, 2.24) is 10.2 Å². The molecule has 0 aliphatic carbocycles. The number of hydrogen-bond donors (Lipinski definition) is 1. The zero-order valence-corrected chi connectivity index (χ0v) is 12.1. The van der Waals surface area contributed by atoms with Gasteiger partial charge in [0.25, 0.3) is 0 Å². The van der Waals surface area contributed by atoms with Crippen LogP contribution < -0.4 is 14.8 Å². The van der Waals surface area contributed by atoms with Gasteiger partial charge in [-0.05, 0) is 26.0 Å². The Morgan fingerprint density at radius 1 is 1.21 bits per heavy atom. The minimum Gasteiger partial charge on any atom is -0.496 e. The minimum atomic E-state index is 0.175. The molecular formula is C15H24N2O2. The fourth-order valence-corrected chi connectivity index (χ4v) is 2.35. The predicted molar refractivity (Wildman–Crippen MR) is 76.9 cm³/mol. The molecule has 0 atom stereocenters. The maximum absolute atomic E-state index is 5.91. The van der Waals surface area contributed by atoms with Gasteiger partial charge in [0.05, 0.1) is 18.8 Å². The van der Waals surface area contributed by atoms with E-state index in [4.69, 9.17) is 9.47 Å². The quantitative estimate of drug-likeness (QED) is 0.880. The van der Waals surface area contributed by atoms with Crippen molar-refractivity contribution in [3.8, 4) is 11.5 Å². The zero-order chi connectivity index (χ0) is 13.7. The summed E-state index contributed by atoms with van der Waals surface area (Å²) in [6.07, 6.45) is 0.175. The van der Waals surface area contributed by atoms with Crippen molar-refractivity contribution < 1.29 is 9.47 Å². The normalized spacial score (nSPS) is 16.6. The van der Waals surface area contributed by atoms with Crippen molar-refractivity contribution in [1.29, 1.82) is 0 Å². The molecular weight excluding hydrogens is 240 g/mol. The van der Waals surface area contributed by atoms with E-state index < -0.39 is 0 Å². The van der Waals surface area contributed by atoms with Gasteiger partial charge in [-0.15, -0.1) is 0 Å². The fourth-order valence-electron chi connectivity index (χ4n) is 2.35. The summed E-state index contributed by atoms with van der Waals surface area (Å²) in [5.74, 6) is 1.85. The van der Waals surface area contributed by atoms with E-state index in [1.165, 1.54) is 0 Å². The molecule has 1 N–H and O–H groups in total. The molecule has 19 heavy (non-hydrogen) atoms. The Kier molecular flexibility index (Phi) is 5.05. The van der Waals surface area contributed by atoms with Crippen molar-refractivity contribution in [3.05, 3.63) is 23.8 Å². The van der Waals surface area contributed by atoms with Crippen LogP contribution in [0.25, 0.3) is 0 Å². The highest BCUT2D eigenvalue weighted by Gasteiger charge is 2.17. The number of ether oxygens (including phenoxy) is 2. The third-order valence-corrected chi connectivity index (χ3v) is 3.26. The topological polar surface area (TPSA) is 33.7 Å². The zero-order valence-electron chi connectivity index (χ0n) is 12.1. The molecule has 1 aromatic rings. The molecule has 0 amide bonds. The summed E-state index contributed by atoms with van der Waals surface area (Å²) in [6.45, 7) is 9.22. The standard InChI is InChI=1S/C15H24N2O2/c1-12(2)19-15-6-4-5-14(18-3)13(15)11-17-9-7-16-8-10-17/h4-6,12,16H,7-11H2,1-3H3. The number of hydrogen-bond acceptors (Lipinski definition) is 4. The van der Waals surface area contributed by atoms with Crippen LogP contribution in [0.5, 0.6) is 11.5 Å². The van der Waals surface area contributed by atoms with E-state index in [0.29, 0.717) is 0 Å². The SMILES string of the molecule is COc1cccc(OC(C)C)c1CN1CCNCC1. The molecule has 2 rings (SSSR count). The number of nitrogens with zero attached hydrogens (tertiary/aromatic N) is 1. The van der Waals surface area contributed by atoms with E-state index in [1.807, 2.05) is 32.0 Å². The molecule has 1 aromatic carbocycles. The van der Waals surface area contributed by atoms with Crippen LogP contribution >= 0.6 is 0 Å². The summed E-state index contributed by atoms with van der Waals surface area (Å²) in [4.78, 5) is 2.43. The Hall–Kier alpha value is -1.26. The molecule has 0 unspecified atom stereocenters. The second kappa shape index (κ2) is 6.78. The number of rotatable bonds is 5. The lowest BCUT2D eigenvalue weighted by Crippen LogP contribution is -2.43. The average Bonchev–Trinajstić information content (AvgIpc) is 2.41. The molecule has 4 heteroatoms. The van der Waals surface area contributed by atoms with Gasteiger partial charge in [0, 0.05) is 32.7 Å². The molecule has 0 radical (unpaired) electrons. The third-order valence-electron chi connectivity index (χ3n) is 3.26. The van der Waals surface area contributed by atoms with Crippen LogP contribution in [-0.4, -0.2) is 44.3 Å². The highest BCUT2D eigenvalue weighted by atomic mass is 16.5. The molecule has 0 saturated carbocycles. The van der Waals surface area contributed by atoms with E-state index in [0.717, 1.165) is 49.8 Å². The van der Waals surface area contributed by atoms with Crippen molar-refractivity contribution in [3.63, 3.8) is 0 Å². The van der Waals surface area contributed by atoms with Crippen LogP contribution in [0.1, 0.15) is 19.4 Å². The van der Waals surface area contributed by atoms with Gasteiger partial charge in [-0.3, -0.25) is 4.90 Å². The molecule has 106 valence electrons. The second-order valence-corrected chi connectivity index (χ2v) is 5.13. The van der Waals surface area contributed by atoms with Crippen molar-refractivity contribution in [2.45, 2.75) is 26.5 Å². The first kappa shape index (κ1) is 14.2. The Morgan fingerprint density at radius 2 is 1.89 bits per heavy atom. The Morgan fingerprint density at radius 3 is 2.53 bits per heavy atom. The lowest BCUT2D eigenvalue weighted by atomic mass is 10.1. The summed E-state index contributed by atoms with van der Waals surface area (Å²) < 4.78 is 11.4. The first-order valence-corrected chi connectivity index (χ1v) is 6.96. The number of piperazine rings is 1. The molecule has 1 aliphatic rings. The van der Waals surface area contributed by atoms with E-state index >= 15 is 0 Å². The van der Waals surface area contributed by atoms with Gasteiger partial charge in [-0.2, -0.15) is 0 Å². The van der Waals surface area contributed by atoms with Gasteiger partial charge in [0.15, 0.2) is 0 Å². The Balaban J connectivity index is 2.18. The van der Waals surface area contributed by atoms with Crippen LogP contribution in [0.4, 0.5) is 0 Å². The molecule has 0 bridgehead atoms. The summed E-state index contributed by atoms with van der Waals surface area (Å²) in [6, 6.07) is 6.02. The summed E-state index contributed by atoms with van der Waals surface area (Å²) in [5.41, 5.74) is 1.15. The molecule has 1 fully saturated rings. The van der Waals surface area contributed by atoms with Crippen LogP contribution in [0, 0.1) is 0 Å². The molecule has 0 aromatic heterocycles. The highest BCUT2D eigenvalue weighted by molar-refractivity contribution is 5.44. The van der Waals surface area contributed by atoms with Crippen molar-refractivity contribution in [2.24, 2.45) is 0 Å². The molecule has 1 heterocycles. The first-order valence-electron chi connectivity index (χ1n) is 6.96. The van der Waals surface area contributed by atoms with E-state index in [2.05, 4.69) is 10.2 Å². The van der Waals surface area contributed by atoms with Crippen LogP contribution in [-0.2, 0) is 6.54 Å². The van der Waals surface area contributed by atoms with E-state index in [-0.39, 0.29) is 6.10 Å². The maximum atomic E-state index is 5.91. The Bertz CT molecular complexity index is 401. The lowest BCUT2D eigenvalue weighted by Gasteiger charge is -2.28. The van der Waals surface area contributed by atoms with Gasteiger partial charge in [0.1, 0.15) is 11.5 Å². The van der Waals surface area contributed by atoms with Crippen LogP contribution in [0.15, 0.2) is 18.2 Å². The minimum absolute atomic E-state index is 0.175. The average molecular weight is 264 g/mol. The maximum Gasteiger partial charge on any atom is 0.127 e. The van der Waals surface area contributed by atoms with Crippen molar-refractivity contribution in [2.75, 3.05) is 33.3 Å². The first-order chi connectivity index (χ1) is 9.20. The second-order valence-electron chi connectivity index (χ2n) is 5.13. The Labute approximate surface area is 115 Å². The monoisotopic (exact) mass is 264 g/mol. The number of benzene rings is 1. The highest BCUT2D eigenvalue weighted by Crippen LogP contribution is 2.30. The van der Waals surface area contributed by atoms with E-state index in [9.17, 15) is 0 Å². The molecule has 4 nitrogen and oxygen atoms in total. The predicted octanol–water partition coefficient (Wildman–Crippen LogP) is 1.89. The summed E-state index contributed by atoms with van der Waals surface area (Å²) in [7, 11) is 1.72. The molecule has 1 aliphatic heterocycles. The largest absolute Gasteiger partial charge is 0.496 e. The van der Waals surface area contributed by atoms with Gasteiger partial charge in [0.2, 0.25) is 0 Å². The molecule has 1 saturated heterocycles. The van der Waals surface area contributed by atoms with Gasteiger partial charge in [-0.1, -0.05) is 6.07 Å². The third kappa shape index (κ3) is 3.85. The van der Waals surface area contributed by atoms with Gasteiger partial charge >= 0.3 is 0 Å². The van der Waals surface area contributed by atoms with Gasteiger partial charge < -0.3 is 14.8 Å². The van der Waals surface area contributed by atoms with Gasteiger partial charge in [-0.25, -0.2) is 0 Å².